The fraction of sp³-hybridized carbons (Fsp3) is 0.188. The van der Waals surface area contributed by atoms with Crippen LogP contribution in [0.15, 0.2) is 47.4 Å². The van der Waals surface area contributed by atoms with Crippen molar-refractivity contribution in [3.8, 4) is 6.07 Å². The summed E-state index contributed by atoms with van der Waals surface area (Å²) < 4.78 is 26.6. The van der Waals surface area contributed by atoms with Gasteiger partial charge in [-0.25, -0.2) is 8.42 Å². The van der Waals surface area contributed by atoms with E-state index in [0.29, 0.717) is 11.3 Å². The van der Waals surface area contributed by atoms with Crippen LogP contribution >= 0.6 is 0 Å². The normalized spacial score (nSPS) is 11.0. The lowest BCUT2D eigenvalue weighted by Gasteiger charge is -2.21. The first kappa shape index (κ1) is 15.1. The Morgan fingerprint density at radius 1 is 1.10 bits per heavy atom. The fourth-order valence-corrected chi connectivity index (χ4v) is 3.48. The SMILES string of the molecule is Cc1ccc(N(C)S(=O)(=O)c2cccc(C#N)c2)c(C)c1. The molecule has 0 bridgehead atoms. The summed E-state index contributed by atoms with van der Waals surface area (Å²) in [6.07, 6.45) is 0. The van der Waals surface area contributed by atoms with Crippen LogP contribution in [0.1, 0.15) is 16.7 Å². The van der Waals surface area contributed by atoms with Crippen LogP contribution in [0.2, 0.25) is 0 Å². The number of aryl methyl sites for hydroxylation is 2. The number of hydrogen-bond acceptors (Lipinski definition) is 3. The molecule has 0 spiro atoms. The van der Waals surface area contributed by atoms with Crippen LogP contribution in [0.4, 0.5) is 5.69 Å². The lowest BCUT2D eigenvalue weighted by molar-refractivity contribution is 0.594. The molecule has 2 rings (SSSR count). The van der Waals surface area contributed by atoms with Crippen molar-refractivity contribution in [3.05, 3.63) is 59.2 Å². The van der Waals surface area contributed by atoms with Crippen LogP contribution in [0.25, 0.3) is 0 Å². The number of rotatable bonds is 3. The highest BCUT2D eigenvalue weighted by Crippen LogP contribution is 2.26. The molecule has 0 aromatic heterocycles. The molecule has 0 unspecified atom stereocenters. The van der Waals surface area contributed by atoms with Crippen molar-refractivity contribution in [1.29, 1.82) is 5.26 Å². The Balaban J connectivity index is 2.50. The molecule has 0 atom stereocenters. The van der Waals surface area contributed by atoms with Crippen LogP contribution in [-0.4, -0.2) is 15.5 Å². The van der Waals surface area contributed by atoms with Crippen molar-refractivity contribution < 1.29 is 8.42 Å². The third-order valence-corrected chi connectivity index (χ3v) is 5.08. The number of nitrogens with zero attached hydrogens (tertiary/aromatic N) is 2. The molecule has 0 aliphatic carbocycles. The van der Waals surface area contributed by atoms with Crippen molar-refractivity contribution in [3.63, 3.8) is 0 Å². The quantitative estimate of drug-likeness (QED) is 0.875. The summed E-state index contributed by atoms with van der Waals surface area (Å²) in [5, 5.41) is 8.90. The van der Waals surface area contributed by atoms with Gasteiger partial charge in [0, 0.05) is 7.05 Å². The lowest BCUT2D eigenvalue weighted by atomic mass is 10.1. The summed E-state index contributed by atoms with van der Waals surface area (Å²) in [7, 11) is -2.16. The third kappa shape index (κ3) is 2.91. The van der Waals surface area contributed by atoms with Gasteiger partial charge < -0.3 is 0 Å². The average molecular weight is 300 g/mol. The van der Waals surface area contributed by atoms with Crippen LogP contribution in [0, 0.1) is 25.2 Å². The zero-order valence-electron chi connectivity index (χ0n) is 12.2. The lowest BCUT2D eigenvalue weighted by Crippen LogP contribution is -2.27. The van der Waals surface area contributed by atoms with Crippen LogP contribution in [0.5, 0.6) is 0 Å². The van der Waals surface area contributed by atoms with E-state index in [1.165, 1.54) is 23.5 Å². The Kier molecular flexibility index (Phi) is 4.01. The third-order valence-electron chi connectivity index (χ3n) is 3.31. The zero-order chi connectivity index (χ0) is 15.6. The second-order valence-electron chi connectivity index (χ2n) is 4.90. The molecule has 0 N–H and O–H groups in total. The summed E-state index contributed by atoms with van der Waals surface area (Å²) in [6.45, 7) is 3.84. The smallest absolute Gasteiger partial charge is 0.264 e. The van der Waals surface area contributed by atoms with Gasteiger partial charge in [0.05, 0.1) is 22.2 Å². The van der Waals surface area contributed by atoms with E-state index >= 15 is 0 Å². The molecule has 108 valence electrons. The first-order valence-electron chi connectivity index (χ1n) is 6.42. The highest BCUT2D eigenvalue weighted by atomic mass is 32.2. The number of benzene rings is 2. The Morgan fingerprint density at radius 2 is 1.81 bits per heavy atom. The van der Waals surface area contributed by atoms with Gasteiger partial charge in [0.15, 0.2) is 0 Å². The van der Waals surface area contributed by atoms with Crippen molar-refractivity contribution >= 4 is 15.7 Å². The summed E-state index contributed by atoms with van der Waals surface area (Å²) in [5.74, 6) is 0. The van der Waals surface area contributed by atoms with E-state index < -0.39 is 10.0 Å². The first-order chi connectivity index (χ1) is 9.86. The number of sulfonamides is 1. The van der Waals surface area contributed by atoms with Crippen molar-refractivity contribution in [2.75, 3.05) is 11.4 Å². The molecule has 0 aliphatic rings. The molecular formula is C16H16N2O2S. The molecule has 0 saturated heterocycles. The monoisotopic (exact) mass is 300 g/mol. The number of anilines is 1. The maximum atomic E-state index is 12.7. The summed E-state index contributed by atoms with van der Waals surface area (Å²) in [6, 6.07) is 13.6. The summed E-state index contributed by atoms with van der Waals surface area (Å²) >= 11 is 0. The number of hydrogen-bond donors (Lipinski definition) is 0. The Hall–Kier alpha value is -2.32. The summed E-state index contributed by atoms with van der Waals surface area (Å²) in [4.78, 5) is 0.115. The van der Waals surface area contributed by atoms with E-state index in [1.807, 2.05) is 32.0 Å². The molecule has 0 heterocycles. The molecule has 0 fully saturated rings. The van der Waals surface area contributed by atoms with Gasteiger partial charge in [-0.2, -0.15) is 5.26 Å². The second-order valence-corrected chi connectivity index (χ2v) is 6.87. The van der Waals surface area contributed by atoms with Gasteiger partial charge >= 0.3 is 0 Å². The number of nitriles is 1. The van der Waals surface area contributed by atoms with Crippen LogP contribution in [0.3, 0.4) is 0 Å². The Labute approximate surface area is 125 Å². The van der Waals surface area contributed by atoms with Gasteiger partial charge in [0.2, 0.25) is 0 Å². The predicted molar refractivity (Wildman–Crippen MR) is 82.7 cm³/mol. The maximum Gasteiger partial charge on any atom is 0.264 e. The average Bonchev–Trinajstić information content (AvgIpc) is 2.46. The van der Waals surface area contributed by atoms with Crippen molar-refractivity contribution in [2.45, 2.75) is 18.7 Å². The largest absolute Gasteiger partial charge is 0.269 e. The van der Waals surface area contributed by atoms with E-state index in [1.54, 1.807) is 18.2 Å². The molecule has 0 saturated carbocycles. The Morgan fingerprint density at radius 3 is 2.43 bits per heavy atom. The van der Waals surface area contributed by atoms with Crippen molar-refractivity contribution in [2.24, 2.45) is 0 Å². The van der Waals surface area contributed by atoms with Gasteiger partial charge in [-0.05, 0) is 43.7 Å². The van der Waals surface area contributed by atoms with Gasteiger partial charge in [0.1, 0.15) is 0 Å². The van der Waals surface area contributed by atoms with Gasteiger partial charge in [0.25, 0.3) is 10.0 Å². The topological polar surface area (TPSA) is 61.2 Å². The van der Waals surface area contributed by atoms with E-state index in [4.69, 9.17) is 5.26 Å². The molecular weight excluding hydrogens is 284 g/mol. The minimum atomic E-state index is -3.68. The molecule has 0 aliphatic heterocycles. The summed E-state index contributed by atoms with van der Waals surface area (Å²) in [5.41, 5.74) is 2.92. The highest BCUT2D eigenvalue weighted by molar-refractivity contribution is 7.92. The molecule has 0 amide bonds. The molecule has 2 aromatic carbocycles. The predicted octanol–water partition coefficient (Wildman–Crippen LogP) is 3.00. The van der Waals surface area contributed by atoms with E-state index in [0.717, 1.165) is 11.1 Å². The molecule has 0 radical (unpaired) electrons. The molecule has 2 aromatic rings. The van der Waals surface area contributed by atoms with Gasteiger partial charge in [-0.3, -0.25) is 4.31 Å². The standard InChI is InChI=1S/C16H16N2O2S/c1-12-7-8-16(13(2)9-12)18(3)21(19,20)15-6-4-5-14(10-15)11-17/h4-10H,1-3H3. The maximum absolute atomic E-state index is 12.7. The van der Waals surface area contributed by atoms with Gasteiger partial charge in [-0.15, -0.1) is 0 Å². The van der Waals surface area contributed by atoms with Crippen molar-refractivity contribution in [1.82, 2.24) is 0 Å². The van der Waals surface area contributed by atoms with Crippen LogP contribution in [-0.2, 0) is 10.0 Å². The minimum Gasteiger partial charge on any atom is -0.269 e. The first-order valence-corrected chi connectivity index (χ1v) is 7.86. The second kappa shape index (κ2) is 5.58. The van der Waals surface area contributed by atoms with Gasteiger partial charge in [-0.1, -0.05) is 23.8 Å². The highest BCUT2D eigenvalue weighted by Gasteiger charge is 2.22. The van der Waals surface area contributed by atoms with E-state index in [2.05, 4.69) is 0 Å². The minimum absolute atomic E-state index is 0.115. The fourth-order valence-electron chi connectivity index (χ4n) is 2.17. The molecule has 5 heteroatoms. The van der Waals surface area contributed by atoms with E-state index in [9.17, 15) is 8.42 Å². The Bertz CT molecular complexity index is 820. The van der Waals surface area contributed by atoms with Crippen LogP contribution < -0.4 is 4.31 Å². The zero-order valence-corrected chi connectivity index (χ0v) is 13.0. The molecule has 21 heavy (non-hydrogen) atoms. The van der Waals surface area contributed by atoms with E-state index in [-0.39, 0.29) is 4.90 Å². The molecule has 4 nitrogen and oxygen atoms in total.